The lowest BCUT2D eigenvalue weighted by molar-refractivity contribution is -0.121. The van der Waals surface area contributed by atoms with Gasteiger partial charge in [-0.25, -0.2) is 0 Å². The van der Waals surface area contributed by atoms with Crippen LogP contribution in [-0.2, 0) is 11.3 Å². The summed E-state index contributed by atoms with van der Waals surface area (Å²) in [6, 6.07) is 27.0. The molecule has 0 saturated heterocycles. The number of nitrogens with zero attached hydrogens (tertiary/aromatic N) is 1. The van der Waals surface area contributed by atoms with E-state index in [-0.39, 0.29) is 5.91 Å². The summed E-state index contributed by atoms with van der Waals surface area (Å²) in [4.78, 5) is 15.2. The van der Waals surface area contributed by atoms with Crippen molar-refractivity contribution >= 4 is 11.6 Å². The normalized spacial score (nSPS) is 11.8. The van der Waals surface area contributed by atoms with E-state index < -0.39 is 6.04 Å². The molecule has 0 fully saturated rings. The summed E-state index contributed by atoms with van der Waals surface area (Å²) < 4.78 is 5.51. The molecule has 0 aliphatic heterocycles. The van der Waals surface area contributed by atoms with Crippen molar-refractivity contribution in [1.82, 2.24) is 4.90 Å². The summed E-state index contributed by atoms with van der Waals surface area (Å²) in [5.74, 6) is 0.807. The van der Waals surface area contributed by atoms with Gasteiger partial charge in [-0.3, -0.25) is 9.69 Å². The van der Waals surface area contributed by atoms with E-state index in [1.165, 1.54) is 0 Å². The van der Waals surface area contributed by atoms with E-state index in [2.05, 4.69) is 10.2 Å². The molecule has 0 saturated carbocycles. The zero-order chi connectivity index (χ0) is 19.8. The Morgan fingerprint density at radius 3 is 2.14 bits per heavy atom. The molecule has 3 aromatic carbocycles. The zero-order valence-electron chi connectivity index (χ0n) is 16.3. The van der Waals surface area contributed by atoms with Crippen LogP contribution in [0.25, 0.3) is 0 Å². The van der Waals surface area contributed by atoms with Gasteiger partial charge in [-0.15, -0.1) is 0 Å². The fourth-order valence-electron chi connectivity index (χ4n) is 3.21. The lowest BCUT2D eigenvalue weighted by atomic mass is 10.0. The lowest BCUT2D eigenvalue weighted by Gasteiger charge is -2.27. The van der Waals surface area contributed by atoms with Gasteiger partial charge in [-0.2, -0.15) is 0 Å². The van der Waals surface area contributed by atoms with Crippen LogP contribution < -0.4 is 10.1 Å². The van der Waals surface area contributed by atoms with Gasteiger partial charge in [0.2, 0.25) is 5.91 Å². The maximum absolute atomic E-state index is 13.1. The number of hydrogen-bond donors (Lipinski definition) is 1. The highest BCUT2D eigenvalue weighted by Crippen LogP contribution is 2.24. The van der Waals surface area contributed by atoms with E-state index in [4.69, 9.17) is 4.74 Å². The molecular formula is C24H26N2O2. The van der Waals surface area contributed by atoms with Gasteiger partial charge >= 0.3 is 0 Å². The lowest BCUT2D eigenvalue weighted by Crippen LogP contribution is -2.34. The van der Waals surface area contributed by atoms with Crippen LogP contribution in [0.5, 0.6) is 5.75 Å². The van der Waals surface area contributed by atoms with Gasteiger partial charge in [-0.05, 0) is 49.4 Å². The van der Waals surface area contributed by atoms with Crippen molar-refractivity contribution in [2.45, 2.75) is 19.5 Å². The van der Waals surface area contributed by atoms with Crippen LogP contribution in [-0.4, -0.2) is 24.5 Å². The molecule has 4 nitrogen and oxygen atoms in total. The minimum atomic E-state index is -0.395. The molecule has 3 rings (SSSR count). The van der Waals surface area contributed by atoms with Gasteiger partial charge in [0.05, 0.1) is 6.61 Å². The fourth-order valence-corrected chi connectivity index (χ4v) is 3.21. The Hall–Kier alpha value is -3.11. The third-order valence-corrected chi connectivity index (χ3v) is 4.51. The molecule has 28 heavy (non-hydrogen) atoms. The summed E-state index contributed by atoms with van der Waals surface area (Å²) in [6.45, 7) is 3.26. The van der Waals surface area contributed by atoms with Gasteiger partial charge in [-0.1, -0.05) is 60.7 Å². The van der Waals surface area contributed by atoms with E-state index in [0.717, 1.165) is 22.6 Å². The molecule has 0 spiro atoms. The first-order chi connectivity index (χ1) is 13.7. The van der Waals surface area contributed by atoms with Crippen molar-refractivity contribution in [3.63, 3.8) is 0 Å². The predicted molar refractivity (Wildman–Crippen MR) is 113 cm³/mol. The number of para-hydroxylation sites is 1. The van der Waals surface area contributed by atoms with Crippen LogP contribution in [0, 0.1) is 0 Å². The van der Waals surface area contributed by atoms with Crippen LogP contribution in [0.2, 0.25) is 0 Å². The average Bonchev–Trinajstić information content (AvgIpc) is 2.71. The van der Waals surface area contributed by atoms with Crippen LogP contribution in [0.3, 0.4) is 0 Å². The molecule has 0 heterocycles. The van der Waals surface area contributed by atoms with Crippen molar-refractivity contribution in [3.05, 3.63) is 96.1 Å². The summed E-state index contributed by atoms with van der Waals surface area (Å²) in [6.07, 6.45) is 0. The van der Waals surface area contributed by atoms with Crippen LogP contribution in [0.4, 0.5) is 5.69 Å². The first-order valence-corrected chi connectivity index (χ1v) is 9.50. The molecule has 0 bridgehead atoms. The molecule has 1 unspecified atom stereocenters. The smallest absolute Gasteiger partial charge is 0.246 e. The van der Waals surface area contributed by atoms with E-state index in [1.807, 2.05) is 98.9 Å². The molecule has 3 aromatic rings. The highest BCUT2D eigenvalue weighted by molar-refractivity contribution is 5.95. The summed E-state index contributed by atoms with van der Waals surface area (Å²) in [5.41, 5.74) is 2.88. The average molecular weight is 374 g/mol. The minimum absolute atomic E-state index is 0.0502. The first-order valence-electron chi connectivity index (χ1n) is 9.50. The molecular weight excluding hydrogens is 348 g/mol. The van der Waals surface area contributed by atoms with Crippen LogP contribution >= 0.6 is 0 Å². The number of benzene rings is 3. The van der Waals surface area contributed by atoms with Crippen LogP contribution in [0.15, 0.2) is 84.9 Å². The van der Waals surface area contributed by atoms with Gasteiger partial charge in [0.25, 0.3) is 0 Å². The quantitative estimate of drug-likeness (QED) is 0.610. The van der Waals surface area contributed by atoms with Crippen molar-refractivity contribution < 1.29 is 9.53 Å². The molecule has 144 valence electrons. The fraction of sp³-hybridized carbons (Fsp3) is 0.208. The minimum Gasteiger partial charge on any atom is -0.494 e. The Morgan fingerprint density at radius 1 is 0.929 bits per heavy atom. The van der Waals surface area contributed by atoms with E-state index in [1.54, 1.807) is 0 Å². The van der Waals surface area contributed by atoms with Crippen molar-refractivity contribution in [1.29, 1.82) is 0 Å². The second-order valence-corrected chi connectivity index (χ2v) is 6.66. The number of anilines is 1. The summed E-state index contributed by atoms with van der Waals surface area (Å²) in [5, 5.41) is 3.03. The zero-order valence-corrected chi connectivity index (χ0v) is 16.3. The van der Waals surface area contributed by atoms with Crippen molar-refractivity contribution in [3.8, 4) is 5.75 Å². The first kappa shape index (κ1) is 19.6. The number of likely N-dealkylation sites (N-methyl/N-ethyl adjacent to an activating group) is 1. The molecule has 0 aliphatic rings. The molecule has 1 amide bonds. The van der Waals surface area contributed by atoms with E-state index >= 15 is 0 Å². The van der Waals surface area contributed by atoms with E-state index in [9.17, 15) is 4.79 Å². The van der Waals surface area contributed by atoms with Gasteiger partial charge in [0.15, 0.2) is 0 Å². The van der Waals surface area contributed by atoms with Crippen molar-refractivity contribution in [2.75, 3.05) is 19.0 Å². The Kier molecular flexibility index (Phi) is 6.82. The Bertz CT molecular complexity index is 864. The highest BCUT2D eigenvalue weighted by atomic mass is 16.5. The number of hydrogen-bond acceptors (Lipinski definition) is 3. The summed E-state index contributed by atoms with van der Waals surface area (Å²) in [7, 11) is 1.97. The SMILES string of the molecule is CCOc1ccc(CN(C)C(C(=O)Nc2ccccc2)c2ccccc2)cc1. The maximum Gasteiger partial charge on any atom is 0.246 e. The second kappa shape index (κ2) is 9.72. The van der Waals surface area contributed by atoms with Crippen molar-refractivity contribution in [2.24, 2.45) is 0 Å². The second-order valence-electron chi connectivity index (χ2n) is 6.66. The molecule has 0 radical (unpaired) electrons. The van der Waals surface area contributed by atoms with Gasteiger partial charge in [0, 0.05) is 12.2 Å². The van der Waals surface area contributed by atoms with E-state index in [0.29, 0.717) is 13.2 Å². The van der Waals surface area contributed by atoms with Gasteiger partial charge in [0.1, 0.15) is 11.8 Å². The molecule has 1 N–H and O–H groups in total. The number of carbonyl (C=O) groups excluding carboxylic acids is 1. The topological polar surface area (TPSA) is 41.6 Å². The third-order valence-electron chi connectivity index (χ3n) is 4.51. The van der Waals surface area contributed by atoms with Gasteiger partial charge < -0.3 is 10.1 Å². The third kappa shape index (κ3) is 5.21. The Balaban J connectivity index is 1.78. The standard InChI is InChI=1S/C24H26N2O2/c1-3-28-22-16-14-19(15-17-22)18-26(2)23(20-10-6-4-7-11-20)24(27)25-21-12-8-5-9-13-21/h4-17,23H,3,18H2,1-2H3,(H,25,27). The largest absolute Gasteiger partial charge is 0.494 e. The molecule has 0 aromatic heterocycles. The number of amides is 1. The predicted octanol–water partition coefficient (Wildman–Crippen LogP) is 4.90. The number of rotatable bonds is 8. The molecule has 4 heteroatoms. The Labute approximate surface area is 166 Å². The number of carbonyl (C=O) groups is 1. The molecule has 0 aliphatic carbocycles. The highest BCUT2D eigenvalue weighted by Gasteiger charge is 2.25. The number of ether oxygens (including phenoxy) is 1. The summed E-state index contributed by atoms with van der Waals surface area (Å²) >= 11 is 0. The Morgan fingerprint density at radius 2 is 1.54 bits per heavy atom. The monoisotopic (exact) mass is 374 g/mol. The number of nitrogens with one attached hydrogen (secondary N) is 1. The maximum atomic E-state index is 13.1. The van der Waals surface area contributed by atoms with Crippen LogP contribution in [0.1, 0.15) is 24.1 Å². The molecule has 1 atom stereocenters.